The number of nitrogens with zero attached hydrogens (tertiary/aromatic N) is 4. The summed E-state index contributed by atoms with van der Waals surface area (Å²) in [6.45, 7) is 1.78. The lowest BCUT2D eigenvalue weighted by atomic mass is 10.2. The largest absolute Gasteiger partial charge is 0.306 e. The van der Waals surface area contributed by atoms with Gasteiger partial charge in [-0.15, -0.1) is 5.10 Å². The zero-order chi connectivity index (χ0) is 23.5. The summed E-state index contributed by atoms with van der Waals surface area (Å²) in [5, 5.41) is 19.4. The van der Waals surface area contributed by atoms with Gasteiger partial charge in [0.15, 0.2) is 5.82 Å². The zero-order valence-electron chi connectivity index (χ0n) is 18.3. The van der Waals surface area contributed by atoms with E-state index in [2.05, 4.69) is 20.8 Å². The van der Waals surface area contributed by atoms with E-state index in [1.54, 1.807) is 60.1 Å². The summed E-state index contributed by atoms with van der Waals surface area (Å²) in [5.74, 6) is -0.0568. The molecule has 0 aliphatic heterocycles. The van der Waals surface area contributed by atoms with Crippen LogP contribution in [0.15, 0.2) is 91.0 Å². The van der Waals surface area contributed by atoms with Crippen molar-refractivity contribution < 1.29 is 9.59 Å². The fourth-order valence-electron chi connectivity index (χ4n) is 3.62. The van der Waals surface area contributed by atoms with Crippen LogP contribution < -0.4 is 10.6 Å². The van der Waals surface area contributed by atoms with Gasteiger partial charge in [0.05, 0.1) is 16.8 Å². The minimum atomic E-state index is -0.340. The Bertz CT molecular complexity index is 1480. The van der Waals surface area contributed by atoms with Gasteiger partial charge in [0.25, 0.3) is 11.8 Å². The number of carbonyl (C=O) groups is 2. The van der Waals surface area contributed by atoms with Crippen LogP contribution in [0.2, 0.25) is 0 Å². The van der Waals surface area contributed by atoms with Crippen molar-refractivity contribution in [2.75, 3.05) is 10.6 Å². The third-order valence-corrected chi connectivity index (χ3v) is 5.30. The van der Waals surface area contributed by atoms with Gasteiger partial charge in [-0.1, -0.05) is 54.6 Å². The molecular formula is C26H20N6O2. The van der Waals surface area contributed by atoms with Gasteiger partial charge in [0.2, 0.25) is 0 Å². The fraction of sp³-hybridized carbons (Fsp3) is 0.0385. The normalized spacial score (nSPS) is 10.7. The van der Waals surface area contributed by atoms with Crippen LogP contribution in [0.3, 0.4) is 0 Å². The van der Waals surface area contributed by atoms with E-state index in [9.17, 15) is 9.59 Å². The van der Waals surface area contributed by atoms with Gasteiger partial charge < -0.3 is 10.6 Å². The third-order valence-electron chi connectivity index (χ3n) is 5.30. The monoisotopic (exact) mass is 448 g/mol. The average molecular weight is 448 g/mol. The topological polar surface area (TPSA) is 102 Å². The number of hydrogen-bond acceptors (Lipinski definition) is 5. The summed E-state index contributed by atoms with van der Waals surface area (Å²) >= 11 is 0. The van der Waals surface area contributed by atoms with E-state index >= 15 is 0 Å². The van der Waals surface area contributed by atoms with Gasteiger partial charge in [0, 0.05) is 11.1 Å². The second-order valence-corrected chi connectivity index (χ2v) is 7.59. The minimum Gasteiger partial charge on any atom is -0.306 e. The number of hydrogen-bond donors (Lipinski definition) is 2. The average Bonchev–Trinajstić information content (AvgIpc) is 3.27. The Balaban J connectivity index is 1.67. The number of rotatable bonds is 5. The molecule has 8 nitrogen and oxygen atoms in total. The summed E-state index contributed by atoms with van der Waals surface area (Å²) in [7, 11) is 0. The molecule has 2 N–H and O–H groups in total. The first-order valence-corrected chi connectivity index (χ1v) is 10.7. The number of aryl methyl sites for hydroxylation is 1. The van der Waals surface area contributed by atoms with Crippen LogP contribution in [-0.2, 0) is 0 Å². The Morgan fingerprint density at radius 3 is 1.82 bits per heavy atom. The van der Waals surface area contributed by atoms with Crippen LogP contribution in [0.5, 0.6) is 0 Å². The Hall–Kier alpha value is -4.85. The number of benzene rings is 3. The maximum absolute atomic E-state index is 13.1. The number of fused-ring (bicyclic) bond motifs is 1. The number of aromatic nitrogens is 4. The van der Waals surface area contributed by atoms with E-state index in [1.165, 1.54) is 0 Å². The number of amides is 2. The molecule has 2 amide bonds. The molecule has 34 heavy (non-hydrogen) atoms. The van der Waals surface area contributed by atoms with E-state index in [0.29, 0.717) is 33.5 Å². The molecule has 0 saturated heterocycles. The quantitative estimate of drug-likeness (QED) is 0.408. The second kappa shape index (κ2) is 8.95. The van der Waals surface area contributed by atoms with Gasteiger partial charge in [-0.25, -0.2) is 4.68 Å². The summed E-state index contributed by atoms with van der Waals surface area (Å²) in [6, 6.07) is 27.1. The lowest BCUT2D eigenvalue weighted by molar-refractivity contribution is 0.101. The minimum absolute atomic E-state index is 0.208. The standard InChI is InChI=1S/C26H20N6O2/c1-17-22-21(23(30-29-17)27-25(33)18-11-5-2-6-12-18)24(28-26(34)19-13-7-3-8-14-19)32(31-22)20-15-9-4-10-16-20/h2-16H,1H3,(H,28,34)(H,27,30,33). The van der Waals surface area contributed by atoms with E-state index < -0.39 is 0 Å². The highest BCUT2D eigenvalue weighted by atomic mass is 16.2. The maximum Gasteiger partial charge on any atom is 0.256 e. The van der Waals surface area contributed by atoms with Gasteiger partial charge in [-0.2, -0.15) is 10.2 Å². The molecular weight excluding hydrogens is 428 g/mol. The van der Waals surface area contributed by atoms with Crippen LogP contribution in [0.25, 0.3) is 16.6 Å². The molecule has 0 atom stereocenters. The van der Waals surface area contributed by atoms with Crippen LogP contribution in [0.4, 0.5) is 11.6 Å². The van der Waals surface area contributed by atoms with E-state index in [-0.39, 0.29) is 17.6 Å². The molecule has 8 heteroatoms. The highest BCUT2D eigenvalue weighted by Gasteiger charge is 2.23. The van der Waals surface area contributed by atoms with Crippen molar-refractivity contribution in [2.24, 2.45) is 0 Å². The number of anilines is 2. The van der Waals surface area contributed by atoms with Crippen LogP contribution in [0, 0.1) is 6.92 Å². The SMILES string of the molecule is Cc1nnc(NC(=O)c2ccccc2)c2c(NC(=O)c3ccccc3)n(-c3ccccc3)nc12. The van der Waals surface area contributed by atoms with Crippen molar-refractivity contribution in [1.82, 2.24) is 20.0 Å². The highest BCUT2D eigenvalue weighted by molar-refractivity contribution is 6.14. The lowest BCUT2D eigenvalue weighted by Crippen LogP contribution is -2.17. The molecule has 166 valence electrons. The predicted molar refractivity (Wildman–Crippen MR) is 130 cm³/mol. The van der Waals surface area contributed by atoms with Crippen molar-refractivity contribution in [3.05, 3.63) is 108 Å². The highest BCUT2D eigenvalue weighted by Crippen LogP contribution is 2.33. The molecule has 0 spiro atoms. The second-order valence-electron chi connectivity index (χ2n) is 7.59. The van der Waals surface area contributed by atoms with Crippen LogP contribution in [-0.4, -0.2) is 31.8 Å². The van der Waals surface area contributed by atoms with Crippen molar-refractivity contribution in [3.63, 3.8) is 0 Å². The molecule has 2 heterocycles. The summed E-state index contributed by atoms with van der Waals surface area (Å²) in [5.41, 5.74) is 2.79. The Labute approximate surface area is 195 Å². The summed E-state index contributed by atoms with van der Waals surface area (Å²) < 4.78 is 1.63. The number of nitrogens with one attached hydrogen (secondary N) is 2. The molecule has 0 aliphatic carbocycles. The first-order valence-electron chi connectivity index (χ1n) is 10.7. The molecule has 2 aromatic heterocycles. The van der Waals surface area contributed by atoms with Crippen molar-refractivity contribution >= 4 is 34.4 Å². The Morgan fingerprint density at radius 2 is 1.24 bits per heavy atom. The zero-order valence-corrected chi connectivity index (χ0v) is 18.3. The first kappa shape index (κ1) is 21.0. The molecule has 0 saturated carbocycles. The molecule has 0 radical (unpaired) electrons. The maximum atomic E-state index is 13.1. The molecule has 0 aliphatic rings. The molecule has 3 aromatic carbocycles. The van der Waals surface area contributed by atoms with Gasteiger partial charge >= 0.3 is 0 Å². The Morgan fingerprint density at radius 1 is 0.706 bits per heavy atom. The van der Waals surface area contributed by atoms with E-state index in [0.717, 1.165) is 5.69 Å². The lowest BCUT2D eigenvalue weighted by Gasteiger charge is -2.11. The predicted octanol–water partition coefficient (Wildman–Crippen LogP) is 4.63. The van der Waals surface area contributed by atoms with E-state index in [4.69, 9.17) is 5.10 Å². The molecule has 0 unspecified atom stereocenters. The van der Waals surface area contributed by atoms with E-state index in [1.807, 2.05) is 42.5 Å². The summed E-state index contributed by atoms with van der Waals surface area (Å²) in [4.78, 5) is 26.0. The molecule has 5 aromatic rings. The number of carbonyl (C=O) groups excluding carboxylic acids is 2. The van der Waals surface area contributed by atoms with Gasteiger partial charge in [0.1, 0.15) is 11.3 Å². The number of para-hydroxylation sites is 1. The first-order chi connectivity index (χ1) is 16.6. The fourth-order valence-corrected chi connectivity index (χ4v) is 3.62. The van der Waals surface area contributed by atoms with Gasteiger partial charge in [-0.05, 0) is 43.3 Å². The Kier molecular flexibility index (Phi) is 5.53. The smallest absolute Gasteiger partial charge is 0.256 e. The molecule has 5 rings (SSSR count). The van der Waals surface area contributed by atoms with Crippen molar-refractivity contribution in [2.45, 2.75) is 6.92 Å². The van der Waals surface area contributed by atoms with Crippen LogP contribution in [0.1, 0.15) is 26.4 Å². The van der Waals surface area contributed by atoms with Gasteiger partial charge in [-0.3, -0.25) is 9.59 Å². The van der Waals surface area contributed by atoms with Crippen molar-refractivity contribution in [3.8, 4) is 5.69 Å². The van der Waals surface area contributed by atoms with Crippen LogP contribution >= 0.6 is 0 Å². The molecule has 0 bridgehead atoms. The third kappa shape index (κ3) is 4.00. The van der Waals surface area contributed by atoms with Crippen molar-refractivity contribution in [1.29, 1.82) is 0 Å². The molecule has 0 fully saturated rings. The summed E-state index contributed by atoms with van der Waals surface area (Å²) in [6.07, 6.45) is 0.